The molecule has 1 aromatic carbocycles. The number of benzene rings is 1. The molecule has 2 atom stereocenters. The van der Waals surface area contributed by atoms with Crippen LogP contribution in [0.4, 0.5) is 29.7 Å². The highest BCUT2D eigenvalue weighted by molar-refractivity contribution is 7.09. The molecule has 1 aromatic heterocycles. The molecular formula is C26H36F3N5O3S. The van der Waals surface area contributed by atoms with Crippen molar-refractivity contribution >= 4 is 39.9 Å². The quantitative estimate of drug-likeness (QED) is 0.369. The third kappa shape index (κ3) is 7.58. The summed E-state index contributed by atoms with van der Waals surface area (Å²) >= 11 is 0.649. The summed E-state index contributed by atoms with van der Waals surface area (Å²) in [5, 5.41) is 3.12. The number of piperidine rings is 1. The molecule has 0 radical (unpaired) electrons. The first-order valence-electron chi connectivity index (χ1n) is 12.8. The highest BCUT2D eigenvalue weighted by atomic mass is 32.1. The van der Waals surface area contributed by atoms with Crippen molar-refractivity contribution in [1.29, 1.82) is 0 Å². The van der Waals surface area contributed by atoms with E-state index in [1.54, 1.807) is 6.92 Å². The zero-order valence-corrected chi connectivity index (χ0v) is 23.3. The number of nitrogens with zero attached hydrogens (tertiary/aromatic N) is 4. The van der Waals surface area contributed by atoms with E-state index in [1.807, 2.05) is 30.0 Å². The number of methoxy groups -OCH3 is 1. The van der Waals surface area contributed by atoms with Crippen molar-refractivity contribution in [1.82, 2.24) is 14.3 Å². The molecule has 1 amide bonds. The number of hydrogen-bond donors (Lipinski definition) is 1. The topological polar surface area (TPSA) is 87.7 Å². The van der Waals surface area contributed by atoms with Crippen LogP contribution in [0.3, 0.4) is 0 Å². The van der Waals surface area contributed by atoms with Crippen LogP contribution >= 0.6 is 11.5 Å². The van der Waals surface area contributed by atoms with Crippen molar-refractivity contribution in [3.63, 3.8) is 0 Å². The van der Waals surface area contributed by atoms with E-state index in [4.69, 9.17) is 4.74 Å². The summed E-state index contributed by atoms with van der Waals surface area (Å²) in [6.07, 6.45) is -1.93. The molecule has 1 aliphatic rings. The van der Waals surface area contributed by atoms with Crippen LogP contribution < -0.4 is 10.2 Å². The molecule has 2 aromatic rings. The van der Waals surface area contributed by atoms with Crippen LogP contribution in [-0.2, 0) is 20.5 Å². The Morgan fingerprint density at radius 2 is 1.95 bits per heavy atom. The molecule has 0 spiro atoms. The maximum atomic E-state index is 13.2. The number of ether oxygens (including phenoxy) is 1. The number of likely N-dealkylation sites (tertiary alicyclic amines) is 1. The van der Waals surface area contributed by atoms with Gasteiger partial charge in [0.25, 0.3) is 0 Å². The van der Waals surface area contributed by atoms with E-state index in [2.05, 4.69) is 33.4 Å². The van der Waals surface area contributed by atoms with Gasteiger partial charge in [-0.25, -0.2) is 0 Å². The normalized spacial score (nSPS) is 16.2. The van der Waals surface area contributed by atoms with Crippen molar-refractivity contribution in [2.45, 2.75) is 71.5 Å². The highest BCUT2D eigenvalue weighted by Gasteiger charge is 2.36. The molecule has 210 valence electrons. The molecule has 3 rings (SSSR count). The molecule has 0 aliphatic carbocycles. The monoisotopic (exact) mass is 555 g/mol. The highest BCUT2D eigenvalue weighted by Crippen LogP contribution is 2.38. The Morgan fingerprint density at radius 3 is 2.50 bits per heavy atom. The van der Waals surface area contributed by atoms with Crippen molar-refractivity contribution in [3.8, 4) is 0 Å². The minimum absolute atomic E-state index is 0.0336. The molecular weight excluding hydrogens is 519 g/mol. The van der Waals surface area contributed by atoms with E-state index in [1.165, 1.54) is 7.11 Å². The van der Waals surface area contributed by atoms with Gasteiger partial charge in [-0.1, -0.05) is 33.3 Å². The number of nitrogens with one attached hydrogen (secondary N) is 1. The predicted molar refractivity (Wildman–Crippen MR) is 142 cm³/mol. The van der Waals surface area contributed by atoms with E-state index in [0.717, 1.165) is 37.1 Å². The summed E-state index contributed by atoms with van der Waals surface area (Å²) in [7, 11) is 1.34. The van der Waals surface area contributed by atoms with E-state index >= 15 is 0 Å². The Hall–Kier alpha value is -2.89. The lowest BCUT2D eigenvalue weighted by Crippen LogP contribution is -2.47. The number of amides is 1. The standard InChI is InChI=1S/C26H36F3N5O3S/c1-6-16(2)15-34(20-9-11-33(12-10-20)18(4)35)22-8-7-19(17(3)13-23(36)37-5)14-21(22)30-25-31-24(32-38-25)26(27,28)29/h7-8,14,16-17,20H,6,9-13,15H2,1-5H3,(H,30,31,32)/t16?,17-/m1/s1. The van der Waals surface area contributed by atoms with Crippen LogP contribution in [-0.4, -0.2) is 58.9 Å². The first-order valence-corrected chi connectivity index (χ1v) is 13.6. The lowest BCUT2D eigenvalue weighted by Gasteiger charge is -2.41. The molecule has 1 unspecified atom stereocenters. The van der Waals surface area contributed by atoms with Gasteiger partial charge >= 0.3 is 12.1 Å². The molecule has 0 saturated carbocycles. The van der Waals surface area contributed by atoms with Gasteiger partial charge in [-0.05, 0) is 42.4 Å². The van der Waals surface area contributed by atoms with Crippen molar-refractivity contribution in [3.05, 3.63) is 29.6 Å². The van der Waals surface area contributed by atoms with Gasteiger partial charge in [0, 0.05) is 44.1 Å². The molecule has 12 heteroatoms. The molecule has 1 aliphatic heterocycles. The third-order valence-corrected chi connectivity index (χ3v) is 7.71. The van der Waals surface area contributed by atoms with Gasteiger partial charge in [-0.2, -0.15) is 22.5 Å². The second-order valence-electron chi connectivity index (χ2n) is 9.91. The zero-order chi connectivity index (χ0) is 28.0. The molecule has 0 bridgehead atoms. The van der Waals surface area contributed by atoms with Crippen molar-refractivity contribution < 1.29 is 27.5 Å². The average Bonchev–Trinajstić information content (AvgIpc) is 3.36. The van der Waals surface area contributed by atoms with Crippen LogP contribution in [0.5, 0.6) is 0 Å². The SMILES string of the molecule is CCC(C)CN(c1ccc([C@H](C)CC(=O)OC)cc1Nc1nc(C(F)(F)F)ns1)C1CCN(C(C)=O)CC1. The van der Waals surface area contributed by atoms with Crippen LogP contribution in [0, 0.1) is 5.92 Å². The van der Waals surface area contributed by atoms with Gasteiger partial charge in [0.15, 0.2) is 0 Å². The van der Waals surface area contributed by atoms with Gasteiger partial charge in [-0.3, -0.25) is 9.59 Å². The van der Waals surface area contributed by atoms with Gasteiger partial charge in [0.2, 0.25) is 16.9 Å². The van der Waals surface area contributed by atoms with Crippen LogP contribution in [0.1, 0.15) is 70.7 Å². The number of anilines is 3. The fraction of sp³-hybridized carbons (Fsp3) is 0.615. The van der Waals surface area contributed by atoms with Crippen LogP contribution in [0.15, 0.2) is 18.2 Å². The minimum atomic E-state index is -4.64. The van der Waals surface area contributed by atoms with E-state index in [0.29, 0.717) is 36.2 Å². The third-order valence-electron chi connectivity index (χ3n) is 7.08. The lowest BCUT2D eigenvalue weighted by molar-refractivity contribution is -0.144. The van der Waals surface area contributed by atoms with E-state index in [9.17, 15) is 22.8 Å². The number of carbonyl (C=O) groups is 2. The Balaban J connectivity index is 2.01. The average molecular weight is 556 g/mol. The zero-order valence-electron chi connectivity index (χ0n) is 22.5. The summed E-state index contributed by atoms with van der Waals surface area (Å²) < 4.78 is 47.8. The maximum absolute atomic E-state index is 13.2. The molecule has 1 saturated heterocycles. The number of halogens is 3. The Kier molecular flexibility index (Phi) is 9.97. The fourth-order valence-electron chi connectivity index (χ4n) is 4.57. The second kappa shape index (κ2) is 12.8. The van der Waals surface area contributed by atoms with Crippen LogP contribution in [0.25, 0.3) is 0 Å². The van der Waals surface area contributed by atoms with Gasteiger partial charge in [0.05, 0.1) is 24.9 Å². The van der Waals surface area contributed by atoms with E-state index < -0.39 is 12.0 Å². The number of aromatic nitrogens is 2. The fourth-order valence-corrected chi connectivity index (χ4v) is 5.17. The van der Waals surface area contributed by atoms with Gasteiger partial charge < -0.3 is 19.9 Å². The summed E-state index contributed by atoms with van der Waals surface area (Å²) in [4.78, 5) is 31.6. The Labute approximate surface area is 225 Å². The molecule has 1 N–H and O–H groups in total. The van der Waals surface area contributed by atoms with Gasteiger partial charge in [0.1, 0.15) is 0 Å². The Morgan fingerprint density at radius 1 is 1.26 bits per heavy atom. The number of rotatable bonds is 10. The van der Waals surface area contributed by atoms with Gasteiger partial charge in [-0.15, -0.1) is 0 Å². The molecule has 38 heavy (non-hydrogen) atoms. The van der Waals surface area contributed by atoms with E-state index in [-0.39, 0.29) is 35.4 Å². The largest absolute Gasteiger partial charge is 0.469 e. The van der Waals surface area contributed by atoms with Crippen molar-refractivity contribution in [2.24, 2.45) is 5.92 Å². The maximum Gasteiger partial charge on any atom is 0.452 e. The number of hydrogen-bond acceptors (Lipinski definition) is 8. The molecule has 8 nitrogen and oxygen atoms in total. The second-order valence-corrected chi connectivity index (χ2v) is 10.7. The number of alkyl halides is 3. The predicted octanol–water partition coefficient (Wildman–Crippen LogP) is 5.83. The first-order chi connectivity index (χ1) is 17.9. The van der Waals surface area contributed by atoms with Crippen molar-refractivity contribution in [2.75, 3.05) is 37.0 Å². The summed E-state index contributed by atoms with van der Waals surface area (Å²) in [5.41, 5.74) is 2.28. The summed E-state index contributed by atoms with van der Waals surface area (Å²) in [6, 6.07) is 5.92. The molecule has 2 heterocycles. The minimum Gasteiger partial charge on any atom is -0.469 e. The first kappa shape index (κ1) is 29.7. The molecule has 1 fully saturated rings. The number of carbonyl (C=O) groups excluding carboxylic acids is 2. The Bertz CT molecular complexity index is 1100. The van der Waals surface area contributed by atoms with Crippen LogP contribution in [0.2, 0.25) is 0 Å². The summed E-state index contributed by atoms with van der Waals surface area (Å²) in [5.74, 6) is -1.27. The lowest BCUT2D eigenvalue weighted by atomic mass is 9.95. The smallest absolute Gasteiger partial charge is 0.452 e. The summed E-state index contributed by atoms with van der Waals surface area (Å²) in [6.45, 7) is 9.81. The number of esters is 1.